The number of amidine groups is 2. The van der Waals surface area contributed by atoms with Crippen molar-refractivity contribution in [3.8, 4) is 17.6 Å². The minimum Gasteiger partial charge on any atom is -0.494 e. The quantitative estimate of drug-likeness (QED) is 0.0406. The van der Waals surface area contributed by atoms with Gasteiger partial charge in [-0.05, 0) is 170 Å². The van der Waals surface area contributed by atoms with Crippen molar-refractivity contribution in [1.29, 1.82) is 0 Å². The van der Waals surface area contributed by atoms with E-state index in [0.717, 1.165) is 88.9 Å². The van der Waals surface area contributed by atoms with Crippen molar-refractivity contribution in [1.82, 2.24) is 55.3 Å². The van der Waals surface area contributed by atoms with E-state index in [1.165, 1.54) is 6.20 Å². The summed E-state index contributed by atoms with van der Waals surface area (Å²) in [6.45, 7) is 6.88. The van der Waals surface area contributed by atoms with Crippen LogP contribution in [0.2, 0.25) is 0 Å². The van der Waals surface area contributed by atoms with Crippen LogP contribution in [-0.4, -0.2) is 132 Å². The number of aromatic amines is 6. The van der Waals surface area contributed by atoms with Crippen LogP contribution in [0.5, 0.6) is 17.6 Å². The first-order valence-electron chi connectivity index (χ1n) is 31.8. The minimum atomic E-state index is -0.256. The molecule has 13 aromatic rings. The molecule has 15 rings (SSSR count). The molecule has 0 fully saturated rings. The van der Waals surface area contributed by atoms with Gasteiger partial charge in [-0.25, -0.2) is 15.0 Å². The normalized spacial score (nSPS) is 12.2. The summed E-state index contributed by atoms with van der Waals surface area (Å²) in [5.74, 6) is 1.38. The van der Waals surface area contributed by atoms with Gasteiger partial charge in [0.05, 0.1) is 41.5 Å². The SMILES string of the molecule is C.C.C.Cc1cc(C(=O)Nc2ccc(Cc3ccc4[nH]c(O)c(C=NC5=NCC=C5)c4c3)cc2)n[nH]1.Cc1cc(N=Cc2c(O)[nH]c3ccc(Cc4ccc(NC(=O)c5cc(C)[nH]n5)cc4)cc23)n[nH]1.Cn1cc(C(=O)Nc2ccc(Cc3ccc4[nH]c(O)c(C=NC5=NCC=C5)c4c3)cc2)cn1. The lowest BCUT2D eigenvalue weighted by Gasteiger charge is -2.06. The van der Waals surface area contributed by atoms with Gasteiger partial charge in [-0.15, -0.1) is 0 Å². The van der Waals surface area contributed by atoms with Crippen molar-refractivity contribution in [2.24, 2.45) is 32.0 Å². The Morgan fingerprint density at radius 3 is 1.16 bits per heavy atom. The molecule has 6 aromatic carbocycles. The number of carbonyl (C=O) groups is 3. The average molecular weight is 1380 g/mol. The highest BCUT2D eigenvalue weighted by Crippen LogP contribution is 2.32. The highest BCUT2D eigenvalue weighted by Gasteiger charge is 2.17. The molecule has 0 spiro atoms. The number of hydrogen-bond donors (Lipinski definition) is 12. The molecule has 0 unspecified atom stereocenters. The number of fused-ring (bicyclic) bond motifs is 3. The second kappa shape index (κ2) is 32.4. The number of H-pyrrole nitrogens is 6. The number of anilines is 3. The summed E-state index contributed by atoms with van der Waals surface area (Å²) in [4.78, 5) is 67.4. The monoisotopic (exact) mass is 1380 g/mol. The Bertz CT molecular complexity index is 5190. The summed E-state index contributed by atoms with van der Waals surface area (Å²) in [6, 6.07) is 46.5. The number of rotatable bonds is 16. The molecule has 0 atom stereocenters. The number of aryl methyl sites for hydroxylation is 4. The summed E-state index contributed by atoms with van der Waals surface area (Å²) >= 11 is 0. The maximum atomic E-state index is 12.3. The predicted molar refractivity (Wildman–Crippen MR) is 410 cm³/mol. The van der Waals surface area contributed by atoms with Gasteiger partial charge < -0.3 is 46.2 Å². The van der Waals surface area contributed by atoms with Crippen molar-refractivity contribution < 1.29 is 29.7 Å². The van der Waals surface area contributed by atoms with Gasteiger partial charge in [-0.2, -0.15) is 20.4 Å². The van der Waals surface area contributed by atoms with Gasteiger partial charge >= 0.3 is 0 Å². The van der Waals surface area contributed by atoms with Crippen LogP contribution in [0.25, 0.3) is 32.7 Å². The topological polar surface area (TPSA) is 361 Å². The molecule has 25 nitrogen and oxygen atoms in total. The molecular formula is C78H79N19O6. The lowest BCUT2D eigenvalue weighted by Crippen LogP contribution is -2.12. The second-order valence-electron chi connectivity index (χ2n) is 23.9. The Morgan fingerprint density at radius 1 is 0.466 bits per heavy atom. The Labute approximate surface area is 593 Å². The zero-order chi connectivity index (χ0) is 69.2. The molecule has 0 saturated carbocycles. The first-order chi connectivity index (χ1) is 48.5. The van der Waals surface area contributed by atoms with Crippen LogP contribution in [0.15, 0.2) is 207 Å². The van der Waals surface area contributed by atoms with Crippen molar-refractivity contribution in [3.05, 3.63) is 266 Å². The second-order valence-corrected chi connectivity index (χ2v) is 23.9. The van der Waals surface area contributed by atoms with Crippen LogP contribution in [0.4, 0.5) is 22.9 Å². The third-order valence-corrected chi connectivity index (χ3v) is 16.3. The summed E-state index contributed by atoms with van der Waals surface area (Å²) in [6.07, 6.45) is 17.8. The molecule has 0 aliphatic carbocycles. The molecule has 0 bridgehead atoms. The van der Waals surface area contributed by atoms with Gasteiger partial charge in [0.1, 0.15) is 11.7 Å². The van der Waals surface area contributed by atoms with Gasteiger partial charge in [0.15, 0.2) is 34.8 Å². The van der Waals surface area contributed by atoms with Gasteiger partial charge in [0.25, 0.3) is 17.7 Å². The fourth-order valence-corrected chi connectivity index (χ4v) is 11.2. The van der Waals surface area contributed by atoms with Gasteiger partial charge in [-0.3, -0.25) is 44.3 Å². The fraction of sp³-hybridized carbons (Fsp3) is 0.154. The fourth-order valence-electron chi connectivity index (χ4n) is 11.2. The van der Waals surface area contributed by atoms with E-state index in [4.69, 9.17) is 0 Å². The molecule has 103 heavy (non-hydrogen) atoms. The van der Waals surface area contributed by atoms with Crippen LogP contribution in [0.3, 0.4) is 0 Å². The molecule has 25 heteroatoms. The van der Waals surface area contributed by atoms with E-state index < -0.39 is 0 Å². The predicted octanol–water partition coefficient (Wildman–Crippen LogP) is 14.4. The van der Waals surface area contributed by atoms with E-state index in [-0.39, 0.29) is 57.6 Å². The third kappa shape index (κ3) is 17.8. The smallest absolute Gasteiger partial charge is 0.276 e. The molecular weight excluding hydrogens is 1300 g/mol. The van der Waals surface area contributed by atoms with Gasteiger partial charge in [0, 0.05) is 105 Å². The van der Waals surface area contributed by atoms with Crippen LogP contribution >= 0.6 is 0 Å². The maximum Gasteiger partial charge on any atom is 0.276 e. The van der Waals surface area contributed by atoms with Crippen molar-refractivity contribution >= 4 is 104 Å². The number of hydrogen-bond acceptors (Lipinski definition) is 15. The van der Waals surface area contributed by atoms with E-state index in [2.05, 4.69) is 104 Å². The average Bonchev–Trinajstić information content (AvgIpc) is 1.67. The third-order valence-electron chi connectivity index (χ3n) is 16.3. The van der Waals surface area contributed by atoms with E-state index in [0.29, 0.717) is 94.9 Å². The zero-order valence-corrected chi connectivity index (χ0v) is 54.6. The number of aromatic nitrogens is 11. The summed E-state index contributed by atoms with van der Waals surface area (Å²) in [5.41, 5.74) is 16.9. The molecule has 2 aliphatic rings. The van der Waals surface area contributed by atoms with E-state index in [1.54, 1.807) is 48.7 Å². The lowest BCUT2D eigenvalue weighted by molar-refractivity contribution is 0.101. The molecule has 2 aliphatic heterocycles. The summed E-state index contributed by atoms with van der Waals surface area (Å²) in [5, 5.41) is 66.7. The Morgan fingerprint density at radius 2 is 0.825 bits per heavy atom. The number of nitrogens with one attached hydrogen (secondary N) is 9. The van der Waals surface area contributed by atoms with Crippen molar-refractivity contribution in [2.45, 2.75) is 62.3 Å². The van der Waals surface area contributed by atoms with Crippen LogP contribution < -0.4 is 16.0 Å². The number of benzene rings is 6. The standard InChI is InChI=1S/C25H23N7O2.2C25H22N6O2.3CH4/c1-14-9-22(31-29-14)25(34)27-18-6-3-16(4-7-18)11-17-5-8-21-19(12-17)20(24(33)28-21)13-26-23-10-15(2)30-32-23;1-31-15-18(13-28-31)24(32)29-19-7-4-16(5-8-19)11-17-6-9-22-20(12-17)21(25(33)30-22)14-27-23-3-2-10-26-23;1-15-11-22(31-30-15)25(33)28-18-7-4-16(5-8-18)12-17-6-9-21-19(13-17)20(24(32)29-21)14-27-23-3-2-10-26-23;;;/h3-10,12-13,28,33H,11H2,1-2H3,(H,27,34)(H,29,31)(H,30,32);2-9,12-15,30,33H,10-11H2,1H3,(H,29,32);2-9,11,13-14,29,32H,10,12H2,1H3,(H,28,33)(H,30,31);3*1H4. The Hall–Kier alpha value is -13.6. The zero-order valence-electron chi connectivity index (χ0n) is 54.6. The van der Waals surface area contributed by atoms with Crippen LogP contribution in [0.1, 0.15) is 121 Å². The number of aromatic hydroxyl groups is 3. The number of nitrogens with zero attached hydrogens (tertiary/aromatic N) is 10. The minimum absolute atomic E-state index is 0. The van der Waals surface area contributed by atoms with Crippen molar-refractivity contribution in [2.75, 3.05) is 29.0 Å². The first kappa shape index (κ1) is 72.2. The Balaban J connectivity index is 0.000000164. The van der Waals surface area contributed by atoms with E-state index >= 15 is 0 Å². The molecule has 522 valence electrons. The lowest BCUT2D eigenvalue weighted by atomic mass is 10.0. The highest BCUT2D eigenvalue weighted by molar-refractivity contribution is 6.10. The maximum absolute atomic E-state index is 12.3. The summed E-state index contributed by atoms with van der Waals surface area (Å²) < 4.78 is 1.59. The molecule has 7 aromatic heterocycles. The van der Waals surface area contributed by atoms with Gasteiger partial charge in [0.2, 0.25) is 0 Å². The largest absolute Gasteiger partial charge is 0.494 e. The molecule has 3 amide bonds. The number of carbonyl (C=O) groups excluding carboxylic acids is 3. The molecule has 12 N–H and O–H groups in total. The van der Waals surface area contributed by atoms with Crippen molar-refractivity contribution in [3.63, 3.8) is 0 Å². The molecule has 0 radical (unpaired) electrons. The molecule has 0 saturated heterocycles. The number of amides is 3. The summed E-state index contributed by atoms with van der Waals surface area (Å²) in [7, 11) is 1.77. The highest BCUT2D eigenvalue weighted by atomic mass is 16.3. The van der Waals surface area contributed by atoms with Gasteiger partial charge in [-0.1, -0.05) is 89.0 Å². The Kier molecular flexibility index (Phi) is 22.7. The van der Waals surface area contributed by atoms with E-state index in [9.17, 15) is 29.7 Å². The number of aliphatic imine (C=N–C) groups is 5. The van der Waals surface area contributed by atoms with E-state index in [1.807, 2.05) is 166 Å². The first-order valence-corrected chi connectivity index (χ1v) is 31.8. The van der Waals surface area contributed by atoms with Crippen LogP contribution in [0, 0.1) is 20.8 Å². The molecule has 9 heterocycles. The van der Waals surface area contributed by atoms with Crippen LogP contribution in [-0.2, 0) is 26.3 Å².